The zero-order valence-electron chi connectivity index (χ0n) is 10.1. The first-order valence-electron chi connectivity index (χ1n) is 5.58. The number of thiophene rings is 1. The van der Waals surface area contributed by atoms with Crippen molar-refractivity contribution in [1.82, 2.24) is 5.32 Å². The van der Waals surface area contributed by atoms with Crippen LogP contribution in [0.4, 0.5) is 16.2 Å². The van der Waals surface area contributed by atoms with Crippen molar-refractivity contribution >= 4 is 28.7 Å². The van der Waals surface area contributed by atoms with Gasteiger partial charge in [0.25, 0.3) is 0 Å². The van der Waals surface area contributed by atoms with Crippen molar-refractivity contribution in [2.24, 2.45) is 0 Å². The van der Waals surface area contributed by atoms with Gasteiger partial charge in [0.05, 0.1) is 17.9 Å². The fraction of sp³-hybridized carbons (Fsp3) is 0.154. The Labute approximate surface area is 110 Å². The fourth-order valence-corrected chi connectivity index (χ4v) is 2.17. The number of hydrogen-bond donors (Lipinski definition) is 3. The van der Waals surface area contributed by atoms with Gasteiger partial charge in [-0.2, -0.15) is 0 Å². The first-order valence-corrected chi connectivity index (χ1v) is 6.46. The molecule has 0 spiro atoms. The number of amides is 2. The van der Waals surface area contributed by atoms with Crippen LogP contribution in [-0.4, -0.2) is 6.03 Å². The van der Waals surface area contributed by atoms with Crippen LogP contribution in [0.5, 0.6) is 0 Å². The fourth-order valence-electron chi connectivity index (χ4n) is 1.53. The number of urea groups is 1. The molecule has 2 aromatic rings. The van der Waals surface area contributed by atoms with Gasteiger partial charge in [-0.1, -0.05) is 12.1 Å². The van der Waals surface area contributed by atoms with Gasteiger partial charge < -0.3 is 16.4 Å². The summed E-state index contributed by atoms with van der Waals surface area (Å²) in [6.07, 6.45) is 0. The highest BCUT2D eigenvalue weighted by Gasteiger charge is 2.05. The molecule has 0 radical (unpaired) electrons. The molecule has 0 aliphatic carbocycles. The van der Waals surface area contributed by atoms with E-state index in [-0.39, 0.29) is 6.03 Å². The molecule has 1 aromatic carbocycles. The molecule has 0 bridgehead atoms. The molecule has 0 fully saturated rings. The molecule has 0 atom stereocenters. The van der Waals surface area contributed by atoms with Crippen LogP contribution in [0.15, 0.2) is 35.7 Å². The molecule has 0 saturated carbocycles. The second-order valence-corrected chi connectivity index (χ2v) is 5.01. The number of benzene rings is 1. The molecule has 0 saturated heterocycles. The van der Waals surface area contributed by atoms with E-state index < -0.39 is 0 Å². The largest absolute Gasteiger partial charge is 0.397 e. The van der Waals surface area contributed by atoms with Gasteiger partial charge in [-0.15, -0.1) is 11.3 Å². The first kappa shape index (κ1) is 12.4. The number of nitrogens with two attached hydrogens (primary N) is 1. The van der Waals surface area contributed by atoms with Crippen LogP contribution < -0.4 is 16.4 Å². The number of nitrogen functional groups attached to an aromatic ring is 1. The Bertz CT molecular complexity index is 537. The second kappa shape index (κ2) is 5.55. The Morgan fingerprint density at radius 3 is 2.94 bits per heavy atom. The van der Waals surface area contributed by atoms with Gasteiger partial charge in [-0.3, -0.25) is 0 Å². The number of hydrogen-bond acceptors (Lipinski definition) is 3. The van der Waals surface area contributed by atoms with Crippen LogP contribution >= 0.6 is 11.3 Å². The van der Waals surface area contributed by atoms with E-state index in [1.54, 1.807) is 17.4 Å². The summed E-state index contributed by atoms with van der Waals surface area (Å²) in [6, 6.07) is 9.22. The van der Waals surface area contributed by atoms with Gasteiger partial charge in [0.15, 0.2) is 0 Å². The molecule has 4 nitrogen and oxygen atoms in total. The lowest BCUT2D eigenvalue weighted by atomic mass is 10.2. The summed E-state index contributed by atoms with van der Waals surface area (Å²) in [6.45, 7) is 2.48. The maximum absolute atomic E-state index is 11.7. The van der Waals surface area contributed by atoms with E-state index in [0.717, 1.165) is 10.4 Å². The summed E-state index contributed by atoms with van der Waals surface area (Å²) in [5, 5.41) is 7.51. The monoisotopic (exact) mass is 261 g/mol. The van der Waals surface area contributed by atoms with Crippen LogP contribution in [0.1, 0.15) is 10.4 Å². The van der Waals surface area contributed by atoms with Gasteiger partial charge >= 0.3 is 6.03 Å². The lowest BCUT2D eigenvalue weighted by molar-refractivity contribution is 0.252. The van der Waals surface area contributed by atoms with E-state index in [4.69, 9.17) is 5.73 Å². The minimum atomic E-state index is -0.249. The van der Waals surface area contributed by atoms with Crippen LogP contribution in [0.2, 0.25) is 0 Å². The third-order valence-corrected chi connectivity index (χ3v) is 3.34. The third-order valence-electron chi connectivity index (χ3n) is 2.46. The van der Waals surface area contributed by atoms with E-state index >= 15 is 0 Å². The van der Waals surface area contributed by atoms with E-state index in [1.807, 2.05) is 36.6 Å². The predicted octanol–water partition coefficient (Wildman–Crippen LogP) is 2.96. The Morgan fingerprint density at radius 2 is 2.22 bits per heavy atom. The topological polar surface area (TPSA) is 67.1 Å². The molecule has 4 N–H and O–H groups in total. The Balaban J connectivity index is 1.92. The van der Waals surface area contributed by atoms with Gasteiger partial charge in [-0.25, -0.2) is 4.79 Å². The Morgan fingerprint density at radius 1 is 1.39 bits per heavy atom. The summed E-state index contributed by atoms with van der Waals surface area (Å²) in [7, 11) is 0. The summed E-state index contributed by atoms with van der Waals surface area (Å²) < 4.78 is 0. The maximum Gasteiger partial charge on any atom is 0.319 e. The number of aryl methyl sites for hydroxylation is 1. The smallest absolute Gasteiger partial charge is 0.319 e. The van der Waals surface area contributed by atoms with Gasteiger partial charge in [0.2, 0.25) is 0 Å². The van der Waals surface area contributed by atoms with Crippen LogP contribution in [-0.2, 0) is 6.54 Å². The van der Waals surface area contributed by atoms with E-state index in [0.29, 0.717) is 17.9 Å². The van der Waals surface area contributed by atoms with Gasteiger partial charge in [0, 0.05) is 4.88 Å². The van der Waals surface area contributed by atoms with Crippen molar-refractivity contribution in [1.29, 1.82) is 0 Å². The lowest BCUT2D eigenvalue weighted by Crippen LogP contribution is -2.28. The molecule has 2 amide bonds. The molecule has 18 heavy (non-hydrogen) atoms. The second-order valence-electron chi connectivity index (χ2n) is 3.98. The highest BCUT2D eigenvalue weighted by atomic mass is 32.1. The molecular formula is C13H15N3OS. The number of rotatable bonds is 3. The lowest BCUT2D eigenvalue weighted by Gasteiger charge is -2.09. The standard InChI is InChI=1S/C13H15N3OS/c1-9-4-5-11(14)12(7-9)16-13(17)15-8-10-3-2-6-18-10/h2-7H,8,14H2,1H3,(H2,15,16,17). The number of carbonyl (C=O) groups excluding carboxylic acids is 1. The van der Waals surface area contributed by atoms with Crippen LogP contribution in [0, 0.1) is 6.92 Å². The SMILES string of the molecule is Cc1ccc(N)c(NC(=O)NCc2cccs2)c1. The Hall–Kier alpha value is -2.01. The molecule has 1 heterocycles. The summed E-state index contributed by atoms with van der Waals surface area (Å²) in [5.41, 5.74) is 8.04. The molecule has 94 valence electrons. The highest BCUT2D eigenvalue weighted by molar-refractivity contribution is 7.09. The first-order chi connectivity index (χ1) is 8.65. The van der Waals surface area contributed by atoms with Crippen molar-refractivity contribution in [2.45, 2.75) is 13.5 Å². The summed E-state index contributed by atoms with van der Waals surface area (Å²) in [5.74, 6) is 0. The van der Waals surface area contributed by atoms with Crippen molar-refractivity contribution in [3.05, 3.63) is 46.2 Å². The van der Waals surface area contributed by atoms with Crippen molar-refractivity contribution in [3.63, 3.8) is 0 Å². The minimum absolute atomic E-state index is 0.249. The highest BCUT2D eigenvalue weighted by Crippen LogP contribution is 2.19. The van der Waals surface area contributed by atoms with Crippen LogP contribution in [0.25, 0.3) is 0 Å². The van der Waals surface area contributed by atoms with E-state index in [1.165, 1.54) is 0 Å². The average Bonchev–Trinajstić information content (AvgIpc) is 2.84. The maximum atomic E-state index is 11.7. The number of anilines is 2. The predicted molar refractivity (Wildman–Crippen MR) is 75.8 cm³/mol. The molecule has 2 rings (SSSR count). The molecule has 0 aliphatic heterocycles. The van der Waals surface area contributed by atoms with Crippen molar-refractivity contribution in [3.8, 4) is 0 Å². The van der Waals surface area contributed by atoms with Crippen molar-refractivity contribution < 1.29 is 4.79 Å². The van der Waals surface area contributed by atoms with E-state index in [9.17, 15) is 4.79 Å². The normalized spacial score (nSPS) is 10.1. The van der Waals surface area contributed by atoms with E-state index in [2.05, 4.69) is 10.6 Å². The molecule has 0 unspecified atom stereocenters. The molecule has 1 aromatic heterocycles. The summed E-state index contributed by atoms with van der Waals surface area (Å²) in [4.78, 5) is 12.8. The van der Waals surface area contributed by atoms with Crippen LogP contribution in [0.3, 0.4) is 0 Å². The molecule has 0 aliphatic rings. The Kier molecular flexibility index (Phi) is 3.84. The van der Waals surface area contributed by atoms with Gasteiger partial charge in [-0.05, 0) is 36.1 Å². The molecular weight excluding hydrogens is 246 g/mol. The van der Waals surface area contributed by atoms with Gasteiger partial charge in [0.1, 0.15) is 0 Å². The average molecular weight is 261 g/mol. The number of nitrogens with one attached hydrogen (secondary N) is 2. The number of carbonyl (C=O) groups is 1. The summed E-state index contributed by atoms with van der Waals surface area (Å²) >= 11 is 1.61. The van der Waals surface area contributed by atoms with Crippen molar-refractivity contribution in [2.75, 3.05) is 11.1 Å². The zero-order chi connectivity index (χ0) is 13.0. The quantitative estimate of drug-likeness (QED) is 0.744. The third kappa shape index (κ3) is 3.24. The zero-order valence-corrected chi connectivity index (χ0v) is 10.9. The molecule has 5 heteroatoms. The minimum Gasteiger partial charge on any atom is -0.397 e.